The van der Waals surface area contributed by atoms with E-state index in [-0.39, 0.29) is 17.0 Å². The van der Waals surface area contributed by atoms with Crippen LogP contribution in [0.2, 0.25) is 5.15 Å². The average Bonchev–Trinajstić information content (AvgIpc) is 2.42. The Labute approximate surface area is 118 Å². The van der Waals surface area contributed by atoms with Gasteiger partial charge in [0.05, 0.1) is 5.69 Å². The van der Waals surface area contributed by atoms with Gasteiger partial charge in [-0.05, 0) is 32.6 Å². The number of hydrogen-bond donors (Lipinski definition) is 0. The molecule has 0 aliphatic heterocycles. The molecule has 1 atom stereocenters. The van der Waals surface area contributed by atoms with Gasteiger partial charge in [0.15, 0.2) is 16.8 Å². The third-order valence-corrected chi connectivity index (χ3v) is 3.92. The summed E-state index contributed by atoms with van der Waals surface area (Å²) < 4.78 is 19.3. The van der Waals surface area contributed by atoms with Crippen LogP contribution in [0.25, 0.3) is 0 Å². The molecule has 0 N–H and O–H groups in total. The van der Waals surface area contributed by atoms with Gasteiger partial charge in [-0.25, -0.2) is 14.4 Å². The molecule has 0 spiro atoms. The second kappa shape index (κ2) is 6.62. The number of nitrogens with zero attached hydrogens (tertiary/aromatic N) is 2. The van der Waals surface area contributed by atoms with Gasteiger partial charge in [0.25, 0.3) is 0 Å². The van der Waals surface area contributed by atoms with Crippen molar-refractivity contribution in [2.24, 2.45) is 5.92 Å². The maximum absolute atomic E-state index is 13.5. The second-order valence-corrected chi connectivity index (χ2v) is 5.40. The van der Waals surface area contributed by atoms with E-state index in [4.69, 9.17) is 16.3 Å². The minimum Gasteiger partial charge on any atom is -0.370 e. The van der Waals surface area contributed by atoms with Crippen molar-refractivity contribution in [1.29, 1.82) is 0 Å². The zero-order valence-corrected chi connectivity index (χ0v) is 12.2. The van der Waals surface area contributed by atoms with Crippen molar-refractivity contribution < 1.29 is 9.13 Å². The minimum absolute atomic E-state index is 0.108. The molecule has 1 aromatic rings. The van der Waals surface area contributed by atoms with Crippen molar-refractivity contribution in [3.05, 3.63) is 22.5 Å². The van der Waals surface area contributed by atoms with Gasteiger partial charge >= 0.3 is 0 Å². The van der Waals surface area contributed by atoms with Crippen molar-refractivity contribution in [3.63, 3.8) is 0 Å². The Hall–Kier alpha value is -0.740. The van der Waals surface area contributed by atoms with Crippen molar-refractivity contribution in [1.82, 2.24) is 9.97 Å². The van der Waals surface area contributed by atoms with Crippen LogP contribution in [0.5, 0.6) is 0 Å². The summed E-state index contributed by atoms with van der Waals surface area (Å²) in [6.07, 6.45) is 5.76. The first-order chi connectivity index (χ1) is 9.13. The molecule has 1 saturated carbocycles. The molecule has 1 aliphatic rings. The van der Waals surface area contributed by atoms with Crippen molar-refractivity contribution in [2.75, 3.05) is 6.61 Å². The maximum atomic E-state index is 13.5. The van der Waals surface area contributed by atoms with Crippen molar-refractivity contribution in [2.45, 2.75) is 52.1 Å². The highest BCUT2D eigenvalue weighted by Gasteiger charge is 2.28. The minimum atomic E-state index is -0.538. The van der Waals surface area contributed by atoms with Gasteiger partial charge in [0.1, 0.15) is 6.10 Å². The molecule has 3 nitrogen and oxygen atoms in total. The van der Waals surface area contributed by atoms with Crippen LogP contribution in [-0.2, 0) is 4.74 Å². The number of aromatic nitrogens is 2. The molecular formula is C14H20ClFN2O. The lowest BCUT2D eigenvalue weighted by Gasteiger charge is -2.29. The van der Waals surface area contributed by atoms with Crippen LogP contribution in [0.1, 0.15) is 56.7 Å². The first-order valence-corrected chi connectivity index (χ1v) is 7.32. The largest absolute Gasteiger partial charge is 0.370 e. The molecule has 1 unspecified atom stereocenters. The van der Waals surface area contributed by atoms with Gasteiger partial charge in [0.2, 0.25) is 0 Å². The number of hydrogen-bond acceptors (Lipinski definition) is 3. The van der Waals surface area contributed by atoms with Gasteiger partial charge in [-0.1, -0.05) is 30.9 Å². The zero-order valence-electron chi connectivity index (χ0n) is 11.5. The van der Waals surface area contributed by atoms with E-state index in [1.165, 1.54) is 19.3 Å². The normalized spacial score (nSPS) is 18.5. The maximum Gasteiger partial charge on any atom is 0.181 e. The fraction of sp³-hybridized carbons (Fsp3) is 0.714. The summed E-state index contributed by atoms with van der Waals surface area (Å²) in [5.74, 6) is 0.400. The molecule has 1 heterocycles. The molecule has 19 heavy (non-hydrogen) atoms. The SMILES string of the molecule is CCOC(c1nc(C)c(F)c(Cl)n1)C1CCCCC1. The standard InChI is InChI=1S/C14H20ClFN2O/c1-3-19-12(10-7-5-4-6-8-10)14-17-9(2)11(16)13(15)18-14/h10,12H,3-8H2,1-2H3. The van der Waals surface area contributed by atoms with Crippen LogP contribution in [0.4, 0.5) is 4.39 Å². The molecule has 5 heteroatoms. The van der Waals surface area contributed by atoms with Gasteiger partial charge in [0, 0.05) is 6.61 Å². The quantitative estimate of drug-likeness (QED) is 0.777. The molecule has 0 bridgehead atoms. The monoisotopic (exact) mass is 286 g/mol. The van der Waals surface area contributed by atoms with Crippen LogP contribution >= 0.6 is 11.6 Å². The summed E-state index contributed by atoms with van der Waals surface area (Å²) in [7, 11) is 0. The van der Waals surface area contributed by atoms with Crippen LogP contribution in [0, 0.1) is 18.7 Å². The summed E-state index contributed by atoms with van der Waals surface area (Å²) in [6, 6.07) is 0. The molecule has 2 rings (SSSR count). The Morgan fingerprint density at radius 3 is 2.58 bits per heavy atom. The molecule has 106 valence electrons. The van der Waals surface area contributed by atoms with Gasteiger partial charge in [-0.15, -0.1) is 0 Å². The summed E-state index contributed by atoms with van der Waals surface area (Å²) in [5.41, 5.74) is 0.288. The van der Waals surface area contributed by atoms with Crippen LogP contribution in [-0.4, -0.2) is 16.6 Å². The molecular weight excluding hydrogens is 267 g/mol. The molecule has 1 aromatic heterocycles. The first kappa shape index (κ1) is 14.7. The van der Waals surface area contributed by atoms with Crippen LogP contribution in [0.3, 0.4) is 0 Å². The smallest absolute Gasteiger partial charge is 0.181 e. The average molecular weight is 287 g/mol. The third kappa shape index (κ3) is 3.42. The fourth-order valence-corrected chi connectivity index (χ4v) is 2.93. The van der Waals surface area contributed by atoms with Gasteiger partial charge < -0.3 is 4.74 Å². The zero-order chi connectivity index (χ0) is 13.8. The van der Waals surface area contributed by atoms with Crippen LogP contribution in [0.15, 0.2) is 0 Å². The molecule has 1 fully saturated rings. The fourth-order valence-electron chi connectivity index (χ4n) is 2.71. The topological polar surface area (TPSA) is 35.0 Å². The predicted octanol–water partition coefficient (Wildman–Crippen LogP) is 4.24. The number of ether oxygens (including phenoxy) is 1. The second-order valence-electron chi connectivity index (χ2n) is 5.05. The van der Waals surface area contributed by atoms with Crippen LogP contribution < -0.4 is 0 Å². The highest BCUT2D eigenvalue weighted by atomic mass is 35.5. The molecule has 0 radical (unpaired) electrons. The predicted molar refractivity (Wildman–Crippen MR) is 72.7 cm³/mol. The Balaban J connectivity index is 2.27. The summed E-state index contributed by atoms with van der Waals surface area (Å²) >= 11 is 5.82. The summed E-state index contributed by atoms with van der Waals surface area (Å²) in [4.78, 5) is 8.31. The highest BCUT2D eigenvalue weighted by Crippen LogP contribution is 2.36. The van der Waals surface area contributed by atoms with E-state index >= 15 is 0 Å². The Morgan fingerprint density at radius 2 is 2.00 bits per heavy atom. The van der Waals surface area contributed by atoms with E-state index in [1.807, 2.05) is 6.92 Å². The molecule has 0 aromatic carbocycles. The third-order valence-electron chi connectivity index (χ3n) is 3.67. The Morgan fingerprint density at radius 1 is 1.32 bits per heavy atom. The number of halogens is 2. The first-order valence-electron chi connectivity index (χ1n) is 6.94. The lowest BCUT2D eigenvalue weighted by Crippen LogP contribution is -2.22. The molecule has 1 aliphatic carbocycles. The number of rotatable bonds is 4. The van der Waals surface area contributed by atoms with Crippen molar-refractivity contribution in [3.8, 4) is 0 Å². The van der Waals surface area contributed by atoms with E-state index in [0.717, 1.165) is 12.8 Å². The van der Waals surface area contributed by atoms with E-state index in [1.54, 1.807) is 6.92 Å². The van der Waals surface area contributed by atoms with E-state index in [2.05, 4.69) is 9.97 Å². The molecule has 0 amide bonds. The Kier molecular flexibility index (Phi) is 5.11. The summed E-state index contributed by atoms with van der Waals surface area (Å²) in [5, 5.41) is -0.108. The Bertz CT molecular complexity index is 412. The van der Waals surface area contributed by atoms with Gasteiger partial charge in [-0.2, -0.15) is 0 Å². The lowest BCUT2D eigenvalue weighted by atomic mass is 9.85. The highest BCUT2D eigenvalue weighted by molar-refractivity contribution is 6.29. The lowest BCUT2D eigenvalue weighted by molar-refractivity contribution is -0.000404. The molecule has 0 saturated heterocycles. The van der Waals surface area contributed by atoms with E-state index in [9.17, 15) is 4.39 Å². The van der Waals surface area contributed by atoms with Crippen molar-refractivity contribution >= 4 is 11.6 Å². The summed E-state index contributed by atoms with van der Waals surface area (Å²) in [6.45, 7) is 4.16. The van der Waals surface area contributed by atoms with E-state index in [0.29, 0.717) is 18.3 Å². The number of aryl methyl sites for hydroxylation is 1. The van der Waals surface area contributed by atoms with Gasteiger partial charge in [-0.3, -0.25) is 0 Å². The van der Waals surface area contributed by atoms with E-state index < -0.39 is 5.82 Å².